The van der Waals surface area contributed by atoms with Crippen LogP contribution in [-0.4, -0.2) is 49.0 Å². The summed E-state index contributed by atoms with van der Waals surface area (Å²) in [6.45, 7) is 3.08. The minimum Gasteiger partial charge on any atom is -0.335 e. The molecule has 1 aliphatic rings. The first kappa shape index (κ1) is 14.8. The number of aryl methyl sites for hydroxylation is 1. The Morgan fingerprint density at radius 1 is 1.38 bits per heavy atom. The van der Waals surface area contributed by atoms with Crippen LogP contribution in [0.4, 0.5) is 4.39 Å². The molecule has 0 aliphatic carbocycles. The van der Waals surface area contributed by atoms with E-state index in [-0.39, 0.29) is 23.5 Å². The molecule has 0 bridgehead atoms. The smallest absolute Gasteiger partial charge is 0.289 e. The number of fused-ring (bicyclic) bond motifs is 1. The molecule has 3 aromatic rings. The predicted molar refractivity (Wildman–Crippen MR) is 85.0 cm³/mol. The van der Waals surface area contributed by atoms with Crippen LogP contribution in [0.2, 0.25) is 0 Å². The van der Waals surface area contributed by atoms with Crippen LogP contribution in [-0.2, 0) is 0 Å². The van der Waals surface area contributed by atoms with E-state index in [1.165, 1.54) is 12.1 Å². The molecule has 1 fully saturated rings. The van der Waals surface area contributed by atoms with Crippen LogP contribution < -0.4 is 0 Å². The Kier molecular flexibility index (Phi) is 3.51. The van der Waals surface area contributed by atoms with Gasteiger partial charge in [0.1, 0.15) is 11.6 Å². The summed E-state index contributed by atoms with van der Waals surface area (Å²) in [5, 5.41) is 7.06. The first-order valence-electron chi connectivity index (χ1n) is 7.93. The fraction of sp³-hybridized carbons (Fsp3) is 0.375. The lowest BCUT2D eigenvalue weighted by atomic mass is 9.97. The highest BCUT2D eigenvalue weighted by Gasteiger charge is 2.29. The molecular formula is C16H17FN6O. The maximum Gasteiger partial charge on any atom is 0.289 e. The van der Waals surface area contributed by atoms with Gasteiger partial charge in [0.2, 0.25) is 0 Å². The zero-order valence-electron chi connectivity index (χ0n) is 13.2. The Bertz CT molecular complexity index is 901. The normalized spacial score (nSPS) is 18.2. The number of piperidine rings is 1. The Morgan fingerprint density at radius 3 is 3.04 bits per heavy atom. The van der Waals surface area contributed by atoms with Gasteiger partial charge in [0, 0.05) is 19.0 Å². The molecule has 1 aliphatic heterocycles. The number of hydrogen-bond donors (Lipinski definition) is 2. The minimum absolute atomic E-state index is 0.120. The summed E-state index contributed by atoms with van der Waals surface area (Å²) in [6, 6.07) is 4.24. The monoisotopic (exact) mass is 328 g/mol. The first-order chi connectivity index (χ1) is 11.6. The van der Waals surface area contributed by atoms with Crippen molar-refractivity contribution in [3.63, 3.8) is 0 Å². The highest BCUT2D eigenvalue weighted by Crippen LogP contribution is 2.25. The number of nitrogens with zero attached hydrogens (tertiary/aromatic N) is 4. The van der Waals surface area contributed by atoms with Crippen LogP contribution in [0.1, 0.15) is 41.0 Å². The largest absolute Gasteiger partial charge is 0.335 e. The van der Waals surface area contributed by atoms with Crippen molar-refractivity contribution < 1.29 is 9.18 Å². The Labute approximate surface area is 137 Å². The van der Waals surface area contributed by atoms with E-state index >= 15 is 0 Å². The van der Waals surface area contributed by atoms with Crippen molar-refractivity contribution in [3.8, 4) is 0 Å². The van der Waals surface area contributed by atoms with Crippen molar-refractivity contribution in [1.82, 2.24) is 30.0 Å². The Morgan fingerprint density at radius 2 is 2.25 bits per heavy atom. The van der Waals surface area contributed by atoms with Gasteiger partial charge in [-0.25, -0.2) is 14.4 Å². The molecule has 1 saturated heterocycles. The zero-order valence-corrected chi connectivity index (χ0v) is 13.2. The standard InChI is InChI=1S/C16H17FN6O/c1-9-18-14(22-21-9)10-3-2-6-23(8-10)16(24)15-19-12-5-4-11(17)7-13(12)20-15/h4-5,7,10H,2-3,6,8H2,1H3,(H,19,20)(H,18,21,22). The maximum absolute atomic E-state index is 13.3. The van der Waals surface area contributed by atoms with Gasteiger partial charge in [-0.05, 0) is 38.0 Å². The second kappa shape index (κ2) is 5.70. The van der Waals surface area contributed by atoms with Crippen molar-refractivity contribution in [3.05, 3.63) is 41.5 Å². The number of carbonyl (C=O) groups is 1. The molecule has 1 atom stereocenters. The zero-order chi connectivity index (χ0) is 16.7. The van der Waals surface area contributed by atoms with E-state index in [2.05, 4.69) is 25.1 Å². The van der Waals surface area contributed by atoms with Gasteiger partial charge in [0.05, 0.1) is 11.0 Å². The topological polar surface area (TPSA) is 90.6 Å². The van der Waals surface area contributed by atoms with Crippen molar-refractivity contribution in [2.75, 3.05) is 13.1 Å². The van der Waals surface area contributed by atoms with E-state index < -0.39 is 0 Å². The molecule has 4 rings (SSSR count). The van der Waals surface area contributed by atoms with E-state index in [9.17, 15) is 9.18 Å². The molecule has 1 amide bonds. The summed E-state index contributed by atoms with van der Waals surface area (Å²) in [4.78, 5) is 26.1. The van der Waals surface area contributed by atoms with E-state index in [4.69, 9.17) is 0 Å². The fourth-order valence-corrected chi connectivity index (χ4v) is 3.15. The summed E-state index contributed by atoms with van der Waals surface area (Å²) in [7, 11) is 0. The van der Waals surface area contributed by atoms with Crippen molar-refractivity contribution in [2.24, 2.45) is 0 Å². The SMILES string of the molecule is Cc1nc(C2CCCN(C(=O)c3nc4ccc(F)cc4[nH]3)C2)n[nH]1. The number of carbonyl (C=O) groups excluding carboxylic acids is 1. The number of halogens is 1. The van der Waals surface area contributed by atoms with Gasteiger partial charge < -0.3 is 9.88 Å². The lowest BCUT2D eigenvalue weighted by Crippen LogP contribution is -2.39. The second-order valence-corrected chi connectivity index (χ2v) is 6.12. The third-order valence-electron chi connectivity index (χ3n) is 4.33. The van der Waals surface area contributed by atoms with E-state index in [0.717, 1.165) is 24.5 Å². The minimum atomic E-state index is -0.358. The number of rotatable bonds is 2. The average Bonchev–Trinajstić information content (AvgIpc) is 3.20. The third kappa shape index (κ3) is 2.64. The second-order valence-electron chi connectivity index (χ2n) is 6.12. The van der Waals surface area contributed by atoms with Gasteiger partial charge in [-0.2, -0.15) is 5.10 Å². The number of H-pyrrole nitrogens is 2. The van der Waals surface area contributed by atoms with Gasteiger partial charge in [-0.15, -0.1) is 0 Å². The molecule has 0 radical (unpaired) electrons. The number of nitrogens with one attached hydrogen (secondary N) is 2. The van der Waals surface area contributed by atoms with E-state index in [1.54, 1.807) is 11.0 Å². The number of imidazole rings is 1. The van der Waals surface area contributed by atoms with Gasteiger partial charge >= 0.3 is 0 Å². The number of aromatic nitrogens is 5. The molecule has 3 heterocycles. The molecule has 0 saturated carbocycles. The van der Waals surface area contributed by atoms with E-state index in [0.29, 0.717) is 24.1 Å². The number of hydrogen-bond acceptors (Lipinski definition) is 4. The van der Waals surface area contributed by atoms with Crippen LogP contribution in [0.15, 0.2) is 18.2 Å². The average molecular weight is 328 g/mol. The van der Waals surface area contributed by atoms with Gasteiger partial charge in [0.25, 0.3) is 5.91 Å². The number of likely N-dealkylation sites (tertiary alicyclic amines) is 1. The molecule has 1 unspecified atom stereocenters. The molecule has 0 spiro atoms. The lowest BCUT2D eigenvalue weighted by Gasteiger charge is -2.30. The van der Waals surface area contributed by atoms with Gasteiger partial charge in [-0.1, -0.05) is 0 Å². The number of aromatic amines is 2. The van der Waals surface area contributed by atoms with Crippen molar-refractivity contribution >= 4 is 16.9 Å². The highest BCUT2D eigenvalue weighted by molar-refractivity contribution is 5.94. The molecule has 1 aromatic carbocycles. The third-order valence-corrected chi connectivity index (χ3v) is 4.33. The maximum atomic E-state index is 13.3. The van der Waals surface area contributed by atoms with Crippen molar-refractivity contribution in [2.45, 2.75) is 25.7 Å². The Balaban J connectivity index is 1.56. The molecule has 124 valence electrons. The van der Waals surface area contributed by atoms with Crippen LogP contribution in [0.3, 0.4) is 0 Å². The summed E-state index contributed by atoms with van der Waals surface area (Å²) in [6.07, 6.45) is 1.84. The molecule has 7 nitrogen and oxygen atoms in total. The fourth-order valence-electron chi connectivity index (χ4n) is 3.15. The molecular weight excluding hydrogens is 311 g/mol. The molecule has 2 aromatic heterocycles. The van der Waals surface area contributed by atoms with Crippen LogP contribution >= 0.6 is 0 Å². The predicted octanol–water partition coefficient (Wildman–Crippen LogP) is 2.15. The molecule has 24 heavy (non-hydrogen) atoms. The Hall–Kier alpha value is -2.77. The van der Waals surface area contributed by atoms with Gasteiger partial charge in [0.15, 0.2) is 11.6 Å². The van der Waals surface area contributed by atoms with Crippen LogP contribution in [0.5, 0.6) is 0 Å². The summed E-state index contributed by atoms with van der Waals surface area (Å²) in [5.41, 5.74) is 1.11. The number of benzene rings is 1. The quantitative estimate of drug-likeness (QED) is 0.754. The summed E-state index contributed by atoms with van der Waals surface area (Å²) >= 11 is 0. The van der Waals surface area contributed by atoms with Crippen LogP contribution in [0, 0.1) is 12.7 Å². The van der Waals surface area contributed by atoms with Crippen LogP contribution in [0.25, 0.3) is 11.0 Å². The van der Waals surface area contributed by atoms with E-state index in [1.807, 2.05) is 6.92 Å². The summed E-state index contributed by atoms with van der Waals surface area (Å²) < 4.78 is 13.3. The first-order valence-corrected chi connectivity index (χ1v) is 7.93. The molecule has 2 N–H and O–H groups in total. The number of amides is 1. The highest BCUT2D eigenvalue weighted by atomic mass is 19.1. The lowest BCUT2D eigenvalue weighted by molar-refractivity contribution is 0.0693. The van der Waals surface area contributed by atoms with Gasteiger partial charge in [-0.3, -0.25) is 9.89 Å². The summed E-state index contributed by atoms with van der Waals surface area (Å²) in [5.74, 6) is 1.34. The molecule has 8 heteroatoms. The van der Waals surface area contributed by atoms with Crippen molar-refractivity contribution in [1.29, 1.82) is 0 Å².